The predicted octanol–water partition coefficient (Wildman–Crippen LogP) is 2.55. The Bertz CT molecular complexity index is 557. The average Bonchev–Trinajstić information content (AvgIpc) is 2.47. The predicted molar refractivity (Wildman–Crippen MR) is 83.0 cm³/mol. The van der Waals surface area contributed by atoms with Crippen LogP contribution >= 0.6 is 12.2 Å². The van der Waals surface area contributed by atoms with Crippen molar-refractivity contribution in [2.45, 2.75) is 37.6 Å². The van der Waals surface area contributed by atoms with E-state index < -0.39 is 11.4 Å². The van der Waals surface area contributed by atoms with Crippen LogP contribution in [0.25, 0.3) is 0 Å². The molecule has 1 fully saturated rings. The fraction of sp³-hybridized carbons (Fsp3) is 0.467. The molecule has 0 saturated heterocycles. The minimum Gasteiger partial charge on any atom is -0.494 e. The third-order valence-electron chi connectivity index (χ3n) is 3.95. The van der Waals surface area contributed by atoms with Gasteiger partial charge in [-0.15, -0.1) is 0 Å². The van der Waals surface area contributed by atoms with E-state index in [2.05, 4.69) is 5.32 Å². The van der Waals surface area contributed by atoms with Crippen molar-refractivity contribution in [3.05, 3.63) is 29.6 Å². The highest BCUT2D eigenvalue weighted by Crippen LogP contribution is 2.29. The van der Waals surface area contributed by atoms with Crippen LogP contribution < -0.4 is 15.8 Å². The highest BCUT2D eigenvalue weighted by molar-refractivity contribution is 7.80. The van der Waals surface area contributed by atoms with Gasteiger partial charge in [0.25, 0.3) is 5.91 Å². The lowest BCUT2D eigenvalue weighted by Crippen LogP contribution is -2.57. The summed E-state index contributed by atoms with van der Waals surface area (Å²) in [6.45, 7) is 0. The second kappa shape index (κ2) is 6.39. The summed E-state index contributed by atoms with van der Waals surface area (Å²) in [6.07, 6.45) is 4.50. The first-order valence-electron chi connectivity index (χ1n) is 6.94. The van der Waals surface area contributed by atoms with Gasteiger partial charge in [-0.3, -0.25) is 4.79 Å². The standard InChI is InChI=1S/C15H19FN2O2S/c1-20-12-6-5-10(9-11(12)16)13(19)18-15(14(17)21)7-3-2-4-8-15/h5-6,9H,2-4,7-8H2,1H3,(H2,17,21)(H,18,19). The van der Waals surface area contributed by atoms with Gasteiger partial charge in [-0.25, -0.2) is 4.39 Å². The Labute approximate surface area is 128 Å². The summed E-state index contributed by atoms with van der Waals surface area (Å²) in [5, 5.41) is 2.90. The third-order valence-corrected chi connectivity index (χ3v) is 4.34. The van der Waals surface area contributed by atoms with E-state index in [1.54, 1.807) is 0 Å². The molecule has 0 aliphatic heterocycles. The van der Waals surface area contributed by atoms with Crippen molar-refractivity contribution >= 4 is 23.1 Å². The number of benzene rings is 1. The normalized spacial score (nSPS) is 17.0. The maximum atomic E-state index is 13.7. The van der Waals surface area contributed by atoms with Gasteiger partial charge in [0.2, 0.25) is 0 Å². The van der Waals surface area contributed by atoms with Crippen molar-refractivity contribution in [2.75, 3.05) is 7.11 Å². The van der Waals surface area contributed by atoms with Crippen LogP contribution in [0.5, 0.6) is 5.75 Å². The van der Waals surface area contributed by atoms with E-state index in [9.17, 15) is 9.18 Å². The maximum Gasteiger partial charge on any atom is 0.252 e. The molecule has 1 aliphatic rings. The zero-order valence-corrected chi connectivity index (χ0v) is 12.8. The molecule has 0 spiro atoms. The molecule has 0 aromatic heterocycles. The Morgan fingerprint density at radius 2 is 2.05 bits per heavy atom. The average molecular weight is 310 g/mol. The summed E-state index contributed by atoms with van der Waals surface area (Å²) in [4.78, 5) is 12.6. The number of nitrogens with two attached hydrogens (primary N) is 1. The van der Waals surface area contributed by atoms with Crippen LogP contribution in [0.1, 0.15) is 42.5 Å². The van der Waals surface area contributed by atoms with Gasteiger partial charge in [0, 0.05) is 5.56 Å². The molecule has 1 saturated carbocycles. The fourth-order valence-electron chi connectivity index (χ4n) is 2.69. The monoisotopic (exact) mass is 310 g/mol. The van der Waals surface area contributed by atoms with E-state index in [1.165, 1.54) is 19.2 Å². The Morgan fingerprint density at radius 1 is 1.38 bits per heavy atom. The van der Waals surface area contributed by atoms with Crippen molar-refractivity contribution in [1.29, 1.82) is 0 Å². The molecule has 1 aromatic rings. The smallest absolute Gasteiger partial charge is 0.252 e. The van der Waals surface area contributed by atoms with E-state index >= 15 is 0 Å². The van der Waals surface area contributed by atoms with Crippen molar-refractivity contribution in [3.63, 3.8) is 0 Å². The first-order chi connectivity index (χ1) is 9.98. The van der Waals surface area contributed by atoms with Gasteiger partial charge in [-0.2, -0.15) is 0 Å². The van der Waals surface area contributed by atoms with Crippen molar-refractivity contribution < 1.29 is 13.9 Å². The SMILES string of the molecule is COc1ccc(C(=O)NC2(C(N)=S)CCCCC2)cc1F. The number of thiocarbonyl (C=S) groups is 1. The second-order valence-electron chi connectivity index (χ2n) is 5.31. The number of halogens is 1. The molecule has 6 heteroatoms. The van der Waals surface area contributed by atoms with E-state index in [0.717, 1.165) is 38.2 Å². The largest absolute Gasteiger partial charge is 0.494 e. The number of carbonyl (C=O) groups excluding carboxylic acids is 1. The van der Waals surface area contributed by atoms with Gasteiger partial charge in [0.05, 0.1) is 17.6 Å². The number of nitrogens with one attached hydrogen (secondary N) is 1. The first kappa shape index (κ1) is 15.7. The van der Waals surface area contributed by atoms with Crippen molar-refractivity contribution in [1.82, 2.24) is 5.32 Å². The van der Waals surface area contributed by atoms with Crippen LogP contribution in [-0.4, -0.2) is 23.5 Å². The van der Waals surface area contributed by atoms with Crippen molar-refractivity contribution in [3.8, 4) is 5.75 Å². The van der Waals surface area contributed by atoms with Crippen LogP contribution in [0.4, 0.5) is 4.39 Å². The molecular formula is C15H19FN2O2S. The van der Waals surface area contributed by atoms with E-state index in [4.69, 9.17) is 22.7 Å². The molecular weight excluding hydrogens is 291 g/mol. The van der Waals surface area contributed by atoms with Gasteiger partial charge in [0.15, 0.2) is 11.6 Å². The summed E-state index contributed by atoms with van der Waals surface area (Å²) in [6, 6.07) is 4.11. The molecule has 21 heavy (non-hydrogen) atoms. The molecule has 1 amide bonds. The van der Waals surface area contributed by atoms with Crippen LogP contribution in [-0.2, 0) is 0 Å². The van der Waals surface area contributed by atoms with Crippen LogP contribution in [0.3, 0.4) is 0 Å². The van der Waals surface area contributed by atoms with E-state index in [0.29, 0.717) is 4.99 Å². The molecule has 1 aromatic carbocycles. The minimum absolute atomic E-state index is 0.105. The van der Waals surface area contributed by atoms with E-state index in [-0.39, 0.29) is 17.2 Å². The summed E-state index contributed by atoms with van der Waals surface area (Å²) < 4.78 is 18.5. The molecule has 0 bridgehead atoms. The Morgan fingerprint density at radius 3 is 2.57 bits per heavy atom. The number of carbonyl (C=O) groups is 1. The molecule has 2 rings (SSSR count). The van der Waals surface area contributed by atoms with Gasteiger partial charge in [-0.1, -0.05) is 31.5 Å². The van der Waals surface area contributed by atoms with E-state index in [1.807, 2.05) is 0 Å². The lowest BCUT2D eigenvalue weighted by atomic mass is 9.81. The first-order valence-corrected chi connectivity index (χ1v) is 7.35. The quantitative estimate of drug-likeness (QED) is 0.839. The molecule has 3 N–H and O–H groups in total. The summed E-state index contributed by atoms with van der Waals surface area (Å²) in [5.74, 6) is -0.835. The van der Waals surface area contributed by atoms with Gasteiger partial charge in [-0.05, 0) is 31.0 Å². The van der Waals surface area contributed by atoms with Crippen LogP contribution in [0, 0.1) is 5.82 Å². The molecule has 0 atom stereocenters. The summed E-state index contributed by atoms with van der Waals surface area (Å²) in [7, 11) is 1.38. The Hall–Kier alpha value is -1.69. The lowest BCUT2D eigenvalue weighted by molar-refractivity contribution is 0.0908. The number of amides is 1. The third kappa shape index (κ3) is 3.32. The highest BCUT2D eigenvalue weighted by atomic mass is 32.1. The van der Waals surface area contributed by atoms with Gasteiger partial charge in [0.1, 0.15) is 0 Å². The number of methoxy groups -OCH3 is 1. The molecule has 0 unspecified atom stereocenters. The minimum atomic E-state index is -0.652. The summed E-state index contributed by atoms with van der Waals surface area (Å²) >= 11 is 5.13. The molecule has 0 heterocycles. The molecule has 114 valence electrons. The van der Waals surface area contributed by atoms with Crippen LogP contribution in [0.2, 0.25) is 0 Å². The number of rotatable bonds is 4. The number of hydrogen-bond donors (Lipinski definition) is 2. The van der Waals surface area contributed by atoms with Gasteiger partial charge < -0.3 is 15.8 Å². The Kier molecular flexibility index (Phi) is 4.77. The zero-order chi connectivity index (χ0) is 15.5. The highest BCUT2D eigenvalue weighted by Gasteiger charge is 2.36. The Balaban J connectivity index is 2.19. The van der Waals surface area contributed by atoms with Gasteiger partial charge >= 0.3 is 0 Å². The molecule has 4 nitrogen and oxygen atoms in total. The lowest BCUT2D eigenvalue weighted by Gasteiger charge is -2.37. The molecule has 1 aliphatic carbocycles. The maximum absolute atomic E-state index is 13.7. The number of hydrogen-bond acceptors (Lipinski definition) is 3. The second-order valence-corrected chi connectivity index (χ2v) is 5.75. The van der Waals surface area contributed by atoms with Crippen LogP contribution in [0.15, 0.2) is 18.2 Å². The van der Waals surface area contributed by atoms with Crippen molar-refractivity contribution in [2.24, 2.45) is 5.73 Å². The molecule has 0 radical (unpaired) electrons. The fourth-order valence-corrected chi connectivity index (χ4v) is 2.94. The zero-order valence-electron chi connectivity index (χ0n) is 11.9. The number of ether oxygens (including phenoxy) is 1. The summed E-state index contributed by atoms with van der Waals surface area (Å²) in [5.41, 5.74) is 5.41. The topological polar surface area (TPSA) is 64.3 Å².